The second-order valence-electron chi connectivity index (χ2n) is 4.30. The van der Waals surface area contributed by atoms with Crippen molar-refractivity contribution in [1.82, 2.24) is 0 Å². The van der Waals surface area contributed by atoms with E-state index < -0.39 is 10.0 Å². The molecule has 0 aliphatic rings. The second-order valence-corrected chi connectivity index (χ2v) is 5.83. The summed E-state index contributed by atoms with van der Waals surface area (Å²) in [4.78, 5) is 0.0207. The average Bonchev–Trinajstić information content (AvgIpc) is 2.41. The van der Waals surface area contributed by atoms with Gasteiger partial charge in [0.05, 0.1) is 5.69 Å². The maximum absolute atomic E-state index is 11.7. The first-order valence-corrected chi connectivity index (χ1v) is 7.64. The van der Waals surface area contributed by atoms with E-state index in [1.165, 1.54) is 6.07 Å². The summed E-state index contributed by atoms with van der Waals surface area (Å²) in [5.74, 6) is 0. The molecule has 2 aromatic carbocycles. The first-order chi connectivity index (χ1) is 9.52. The molecule has 0 aromatic heterocycles. The Morgan fingerprint density at radius 1 is 1.05 bits per heavy atom. The van der Waals surface area contributed by atoms with E-state index in [9.17, 15) is 8.42 Å². The lowest BCUT2D eigenvalue weighted by Crippen LogP contribution is -2.15. The van der Waals surface area contributed by atoms with E-state index >= 15 is 0 Å². The summed E-state index contributed by atoms with van der Waals surface area (Å²) in [6, 6.07) is 14.0. The number of aliphatic hydroxyl groups is 1. The zero-order chi connectivity index (χ0) is 14.6. The number of hydrogen-bond acceptors (Lipinski definition) is 4. The number of aliphatic hydroxyl groups excluding tert-OH is 1. The highest BCUT2D eigenvalue weighted by Gasteiger charge is 2.17. The molecule has 0 aliphatic carbocycles. The van der Waals surface area contributed by atoms with Gasteiger partial charge < -0.3 is 10.4 Å². The summed E-state index contributed by atoms with van der Waals surface area (Å²) in [5, 5.41) is 17.4. The maximum atomic E-state index is 11.7. The van der Waals surface area contributed by atoms with E-state index in [4.69, 9.17) is 10.2 Å². The van der Waals surface area contributed by atoms with Crippen LogP contribution < -0.4 is 10.5 Å². The van der Waals surface area contributed by atoms with Crippen LogP contribution in [0, 0.1) is 0 Å². The van der Waals surface area contributed by atoms with Crippen molar-refractivity contribution in [3.8, 4) is 0 Å². The second kappa shape index (κ2) is 6.04. The minimum Gasteiger partial charge on any atom is -0.396 e. The summed E-state index contributed by atoms with van der Waals surface area (Å²) in [6.45, 7) is -0.0719. The van der Waals surface area contributed by atoms with Crippen LogP contribution in [0.4, 0.5) is 11.4 Å². The van der Waals surface area contributed by atoms with Crippen LogP contribution in [0.1, 0.15) is 5.56 Å². The van der Waals surface area contributed by atoms with Crippen molar-refractivity contribution in [3.63, 3.8) is 0 Å². The van der Waals surface area contributed by atoms with Crippen molar-refractivity contribution in [1.29, 1.82) is 0 Å². The Kier molecular flexibility index (Phi) is 4.39. The first kappa shape index (κ1) is 14.5. The highest BCUT2D eigenvalue weighted by Crippen LogP contribution is 2.28. The monoisotopic (exact) mass is 292 g/mol. The molecule has 0 unspecified atom stereocenters. The van der Waals surface area contributed by atoms with Crippen LogP contribution in [0.2, 0.25) is 0 Å². The zero-order valence-corrected chi connectivity index (χ0v) is 11.6. The van der Waals surface area contributed by atoms with Gasteiger partial charge in [0.1, 0.15) is 4.90 Å². The predicted octanol–water partition coefficient (Wildman–Crippen LogP) is 1.61. The van der Waals surface area contributed by atoms with Crippen LogP contribution >= 0.6 is 0 Å². The Hall–Kier alpha value is -1.89. The molecule has 0 bridgehead atoms. The summed E-state index contributed by atoms with van der Waals surface area (Å²) >= 11 is 0. The molecule has 2 aromatic rings. The van der Waals surface area contributed by atoms with Crippen molar-refractivity contribution in [2.45, 2.75) is 11.3 Å². The maximum Gasteiger partial charge on any atom is 0.240 e. The molecular weight excluding hydrogens is 276 g/mol. The molecule has 6 heteroatoms. The molecule has 20 heavy (non-hydrogen) atoms. The van der Waals surface area contributed by atoms with Crippen molar-refractivity contribution in [2.24, 2.45) is 5.14 Å². The van der Waals surface area contributed by atoms with Crippen LogP contribution in [-0.4, -0.2) is 20.1 Å². The van der Waals surface area contributed by atoms with Gasteiger partial charge in [-0.25, -0.2) is 13.6 Å². The molecular formula is C14H16N2O3S. The lowest BCUT2D eigenvalue weighted by atomic mass is 10.1. The van der Waals surface area contributed by atoms with Crippen LogP contribution in [-0.2, 0) is 16.4 Å². The van der Waals surface area contributed by atoms with Crippen molar-refractivity contribution < 1.29 is 13.5 Å². The number of para-hydroxylation sites is 2. The zero-order valence-electron chi connectivity index (χ0n) is 10.8. The molecule has 0 atom stereocenters. The third kappa shape index (κ3) is 3.36. The van der Waals surface area contributed by atoms with Gasteiger partial charge in [-0.1, -0.05) is 30.3 Å². The predicted molar refractivity (Wildman–Crippen MR) is 78.3 cm³/mol. The highest BCUT2D eigenvalue weighted by atomic mass is 32.2. The number of nitrogens with one attached hydrogen (secondary N) is 1. The van der Waals surface area contributed by atoms with Gasteiger partial charge in [-0.05, 0) is 30.2 Å². The van der Waals surface area contributed by atoms with Gasteiger partial charge in [0, 0.05) is 12.3 Å². The SMILES string of the molecule is NS(=O)(=O)c1cccc(CCO)c1Nc1ccccc1. The topological polar surface area (TPSA) is 92.4 Å². The molecule has 0 spiro atoms. The Labute approximate surface area is 118 Å². The van der Waals surface area contributed by atoms with E-state index in [0.29, 0.717) is 17.7 Å². The minimum atomic E-state index is -3.84. The fraction of sp³-hybridized carbons (Fsp3) is 0.143. The summed E-state index contributed by atoms with van der Waals surface area (Å²) in [7, 11) is -3.84. The summed E-state index contributed by atoms with van der Waals surface area (Å²) in [6.07, 6.45) is 0.346. The Morgan fingerprint density at radius 3 is 2.35 bits per heavy atom. The van der Waals surface area contributed by atoms with Gasteiger partial charge in [0.2, 0.25) is 10.0 Å². The quantitative estimate of drug-likeness (QED) is 0.780. The minimum absolute atomic E-state index is 0.0207. The largest absolute Gasteiger partial charge is 0.396 e. The molecule has 4 N–H and O–H groups in total. The molecule has 0 heterocycles. The third-order valence-corrected chi connectivity index (χ3v) is 3.80. The third-order valence-electron chi connectivity index (χ3n) is 2.84. The van der Waals surface area contributed by atoms with E-state index in [0.717, 1.165) is 5.69 Å². The molecule has 2 rings (SSSR count). The standard InChI is InChI=1S/C14H16N2O3S/c15-20(18,19)13-8-4-5-11(9-10-17)14(13)16-12-6-2-1-3-7-12/h1-8,16-17H,9-10H2,(H2,15,18,19). The summed E-state index contributed by atoms with van der Waals surface area (Å²) < 4.78 is 23.4. The number of primary sulfonamides is 1. The molecule has 0 radical (unpaired) electrons. The highest BCUT2D eigenvalue weighted by molar-refractivity contribution is 7.89. The molecule has 0 fully saturated rings. The van der Waals surface area contributed by atoms with Crippen LogP contribution in [0.5, 0.6) is 0 Å². The molecule has 5 nitrogen and oxygen atoms in total. The summed E-state index contributed by atoms with van der Waals surface area (Å²) in [5.41, 5.74) is 1.86. The van der Waals surface area contributed by atoms with Gasteiger partial charge >= 0.3 is 0 Å². The number of rotatable bonds is 5. The number of sulfonamides is 1. The van der Waals surface area contributed by atoms with Crippen LogP contribution in [0.25, 0.3) is 0 Å². The van der Waals surface area contributed by atoms with Gasteiger partial charge in [-0.2, -0.15) is 0 Å². The van der Waals surface area contributed by atoms with Crippen LogP contribution in [0.15, 0.2) is 53.4 Å². The van der Waals surface area contributed by atoms with Crippen molar-refractivity contribution in [2.75, 3.05) is 11.9 Å². The van der Waals surface area contributed by atoms with E-state index in [2.05, 4.69) is 5.32 Å². The molecule has 106 valence electrons. The average molecular weight is 292 g/mol. The smallest absolute Gasteiger partial charge is 0.240 e. The molecule has 0 amide bonds. The number of nitrogens with two attached hydrogens (primary N) is 1. The van der Waals surface area contributed by atoms with E-state index in [1.54, 1.807) is 12.1 Å². The van der Waals surface area contributed by atoms with Gasteiger partial charge in [0.25, 0.3) is 0 Å². The fourth-order valence-corrected chi connectivity index (χ4v) is 2.69. The fourth-order valence-electron chi connectivity index (χ4n) is 1.95. The van der Waals surface area contributed by atoms with Gasteiger partial charge in [-0.3, -0.25) is 0 Å². The van der Waals surface area contributed by atoms with E-state index in [1.807, 2.05) is 30.3 Å². The van der Waals surface area contributed by atoms with E-state index in [-0.39, 0.29) is 11.5 Å². The van der Waals surface area contributed by atoms with Crippen molar-refractivity contribution >= 4 is 21.4 Å². The Morgan fingerprint density at radius 2 is 1.75 bits per heavy atom. The number of benzene rings is 2. The normalized spacial score (nSPS) is 11.3. The first-order valence-electron chi connectivity index (χ1n) is 6.10. The van der Waals surface area contributed by atoms with Crippen molar-refractivity contribution in [3.05, 3.63) is 54.1 Å². The van der Waals surface area contributed by atoms with Gasteiger partial charge in [-0.15, -0.1) is 0 Å². The lowest BCUT2D eigenvalue weighted by molar-refractivity contribution is 0.299. The Bertz CT molecular complexity index is 685. The number of hydrogen-bond donors (Lipinski definition) is 3. The number of anilines is 2. The van der Waals surface area contributed by atoms with Gasteiger partial charge in [0.15, 0.2) is 0 Å². The lowest BCUT2D eigenvalue weighted by Gasteiger charge is -2.15. The molecule has 0 saturated carbocycles. The molecule has 0 saturated heterocycles. The Balaban J connectivity index is 2.52. The van der Waals surface area contributed by atoms with Crippen LogP contribution in [0.3, 0.4) is 0 Å². The molecule has 0 aliphatic heterocycles.